The molecule has 0 bridgehead atoms. The third kappa shape index (κ3) is 10.9. The van der Waals surface area contributed by atoms with E-state index in [2.05, 4.69) is 15.6 Å². The van der Waals surface area contributed by atoms with Gasteiger partial charge in [-0.05, 0) is 68.9 Å². The molecule has 0 saturated heterocycles. The van der Waals surface area contributed by atoms with Crippen LogP contribution in [0.1, 0.15) is 43.9 Å². The molecule has 3 atom stereocenters. The normalized spacial score (nSPS) is 13.3. The van der Waals surface area contributed by atoms with Crippen molar-refractivity contribution in [3.05, 3.63) is 126 Å². The molecule has 1 heterocycles. The molecule has 8 nitrogen and oxygen atoms in total. The van der Waals surface area contributed by atoms with Crippen LogP contribution in [0.25, 0.3) is 11.3 Å². The summed E-state index contributed by atoms with van der Waals surface area (Å²) in [6.45, 7) is 5.48. The molecule has 8 heteroatoms. The van der Waals surface area contributed by atoms with Crippen molar-refractivity contribution in [1.82, 2.24) is 15.6 Å². The van der Waals surface area contributed by atoms with Crippen LogP contribution >= 0.6 is 0 Å². The maximum Gasteiger partial charge on any atom is 0.407 e. The fraction of sp³-hybridized carbons (Fsp3) is 0.306. The lowest BCUT2D eigenvalue weighted by atomic mass is 9.93. The number of benzene rings is 3. The number of pyridine rings is 1. The van der Waals surface area contributed by atoms with E-state index in [0.717, 1.165) is 27.9 Å². The molecule has 0 aliphatic carbocycles. The van der Waals surface area contributed by atoms with Crippen LogP contribution in [-0.4, -0.2) is 46.1 Å². The van der Waals surface area contributed by atoms with Gasteiger partial charge in [0.15, 0.2) is 0 Å². The van der Waals surface area contributed by atoms with Gasteiger partial charge in [-0.2, -0.15) is 0 Å². The van der Waals surface area contributed by atoms with Crippen molar-refractivity contribution < 1.29 is 24.2 Å². The minimum Gasteiger partial charge on any atom is -0.445 e. The first-order chi connectivity index (χ1) is 21.1. The van der Waals surface area contributed by atoms with Crippen LogP contribution in [0.4, 0.5) is 9.59 Å². The Bertz CT molecular complexity index is 1440. The molecule has 44 heavy (non-hydrogen) atoms. The van der Waals surface area contributed by atoms with E-state index in [-0.39, 0.29) is 13.0 Å². The van der Waals surface area contributed by atoms with Crippen molar-refractivity contribution >= 4 is 12.2 Å². The fourth-order valence-electron chi connectivity index (χ4n) is 4.82. The number of hydrogen-bond donors (Lipinski definition) is 3. The van der Waals surface area contributed by atoms with E-state index in [1.54, 1.807) is 27.0 Å². The molecular formula is C36H41N3O5. The first kappa shape index (κ1) is 32.2. The van der Waals surface area contributed by atoms with E-state index < -0.39 is 36.0 Å². The maximum atomic E-state index is 12.9. The number of carbonyl (C=O) groups excluding carboxylic acids is 2. The summed E-state index contributed by atoms with van der Waals surface area (Å²) in [4.78, 5) is 30.1. The highest BCUT2D eigenvalue weighted by Crippen LogP contribution is 2.20. The number of aromatic nitrogens is 1. The molecule has 0 aliphatic rings. The van der Waals surface area contributed by atoms with E-state index in [0.29, 0.717) is 12.8 Å². The van der Waals surface area contributed by atoms with E-state index >= 15 is 0 Å². The molecule has 4 aromatic rings. The lowest BCUT2D eigenvalue weighted by Gasteiger charge is -2.29. The van der Waals surface area contributed by atoms with Gasteiger partial charge in [0.05, 0.1) is 17.8 Å². The predicted molar refractivity (Wildman–Crippen MR) is 171 cm³/mol. The second-order valence-electron chi connectivity index (χ2n) is 11.8. The van der Waals surface area contributed by atoms with E-state index in [1.165, 1.54) is 0 Å². The molecule has 0 fully saturated rings. The number of alkyl carbamates (subject to hydrolysis) is 2. The van der Waals surface area contributed by atoms with Gasteiger partial charge in [0.1, 0.15) is 12.2 Å². The molecule has 2 amide bonds. The predicted octanol–water partition coefficient (Wildman–Crippen LogP) is 6.47. The van der Waals surface area contributed by atoms with Gasteiger partial charge in [-0.15, -0.1) is 0 Å². The summed E-state index contributed by atoms with van der Waals surface area (Å²) in [6.07, 6.45) is 0.522. The number of aliphatic hydroxyl groups is 1. The summed E-state index contributed by atoms with van der Waals surface area (Å²) in [7, 11) is 0. The number of aliphatic hydroxyl groups excluding tert-OH is 1. The highest BCUT2D eigenvalue weighted by molar-refractivity contribution is 5.68. The SMILES string of the molecule is CC(C)(C)OC(=O)N[C@@H](Cc1ccccc1)[C@@H](O)C[C@@H](Cc1ccc(-c2ccccn2)cc1)NC(=O)OCc1ccccc1. The van der Waals surface area contributed by atoms with Crippen molar-refractivity contribution in [3.8, 4) is 11.3 Å². The molecule has 0 aliphatic heterocycles. The Hall–Kier alpha value is -4.69. The second-order valence-corrected chi connectivity index (χ2v) is 11.8. The van der Waals surface area contributed by atoms with Gasteiger partial charge in [-0.3, -0.25) is 4.98 Å². The van der Waals surface area contributed by atoms with Crippen LogP contribution < -0.4 is 10.6 Å². The smallest absolute Gasteiger partial charge is 0.407 e. The summed E-state index contributed by atoms with van der Waals surface area (Å²) in [5, 5.41) is 17.3. The minimum atomic E-state index is -1.00. The molecule has 230 valence electrons. The summed E-state index contributed by atoms with van der Waals surface area (Å²) in [6, 6.07) is 31.6. The number of carbonyl (C=O) groups is 2. The third-order valence-corrected chi connectivity index (χ3v) is 6.92. The number of hydrogen-bond acceptors (Lipinski definition) is 6. The molecule has 0 radical (unpaired) electrons. The summed E-state index contributed by atoms with van der Waals surface area (Å²) in [5.41, 5.74) is 3.93. The Morgan fingerprint density at radius 1 is 0.750 bits per heavy atom. The zero-order chi connectivity index (χ0) is 31.4. The average molecular weight is 596 g/mol. The second kappa shape index (κ2) is 15.7. The zero-order valence-electron chi connectivity index (χ0n) is 25.5. The van der Waals surface area contributed by atoms with E-state index in [1.807, 2.05) is 103 Å². The Morgan fingerprint density at radius 2 is 1.36 bits per heavy atom. The lowest BCUT2D eigenvalue weighted by molar-refractivity contribution is 0.0397. The van der Waals surface area contributed by atoms with Gasteiger partial charge in [-0.1, -0.05) is 91.0 Å². The standard InChI is InChI=1S/C36H41N3O5/c1-36(2,3)44-35(42)39-32(23-26-12-6-4-7-13-26)33(40)24-30(38-34(41)43-25-28-14-8-5-9-15-28)22-27-17-19-29(20-18-27)31-16-10-11-21-37-31/h4-21,30,32-33,40H,22-25H2,1-3H3,(H,38,41)(H,39,42)/t30-,32+,33+/m1/s1. The van der Waals surface area contributed by atoms with Gasteiger partial charge in [0.25, 0.3) is 0 Å². The quantitative estimate of drug-likeness (QED) is 0.173. The first-order valence-corrected chi connectivity index (χ1v) is 14.8. The van der Waals surface area contributed by atoms with Crippen molar-refractivity contribution in [2.24, 2.45) is 0 Å². The van der Waals surface area contributed by atoms with Crippen LogP contribution in [0.15, 0.2) is 109 Å². The molecule has 3 aromatic carbocycles. The van der Waals surface area contributed by atoms with Crippen molar-refractivity contribution in [2.75, 3.05) is 0 Å². The van der Waals surface area contributed by atoms with Gasteiger partial charge in [0.2, 0.25) is 0 Å². The largest absolute Gasteiger partial charge is 0.445 e. The van der Waals surface area contributed by atoms with Crippen LogP contribution in [0.2, 0.25) is 0 Å². The molecule has 0 saturated carbocycles. The molecular weight excluding hydrogens is 554 g/mol. The topological polar surface area (TPSA) is 110 Å². The van der Waals surface area contributed by atoms with Crippen molar-refractivity contribution in [3.63, 3.8) is 0 Å². The Morgan fingerprint density at radius 3 is 1.98 bits per heavy atom. The Labute approximate surface area is 259 Å². The summed E-state index contributed by atoms with van der Waals surface area (Å²) in [5.74, 6) is 0. The average Bonchev–Trinajstić information content (AvgIpc) is 3.00. The molecule has 1 aromatic heterocycles. The minimum absolute atomic E-state index is 0.123. The molecule has 4 rings (SSSR count). The van der Waals surface area contributed by atoms with Gasteiger partial charge in [-0.25, -0.2) is 9.59 Å². The lowest BCUT2D eigenvalue weighted by Crippen LogP contribution is -2.49. The number of ether oxygens (including phenoxy) is 2. The van der Waals surface area contributed by atoms with Crippen molar-refractivity contribution in [1.29, 1.82) is 0 Å². The number of rotatable bonds is 12. The number of nitrogens with zero attached hydrogens (tertiary/aromatic N) is 1. The molecule has 0 spiro atoms. The monoisotopic (exact) mass is 595 g/mol. The van der Waals surface area contributed by atoms with E-state index in [4.69, 9.17) is 9.47 Å². The first-order valence-electron chi connectivity index (χ1n) is 14.8. The molecule has 0 unspecified atom stereocenters. The number of nitrogens with one attached hydrogen (secondary N) is 2. The van der Waals surface area contributed by atoms with Crippen molar-refractivity contribution in [2.45, 2.75) is 70.4 Å². The Kier molecular flexibility index (Phi) is 11.5. The maximum absolute atomic E-state index is 12.9. The zero-order valence-corrected chi connectivity index (χ0v) is 25.5. The number of amides is 2. The van der Waals surface area contributed by atoms with Gasteiger partial charge >= 0.3 is 12.2 Å². The van der Waals surface area contributed by atoms with Crippen LogP contribution in [0.5, 0.6) is 0 Å². The van der Waals surface area contributed by atoms with Crippen LogP contribution in [0.3, 0.4) is 0 Å². The molecule has 3 N–H and O–H groups in total. The summed E-state index contributed by atoms with van der Waals surface area (Å²) >= 11 is 0. The Balaban J connectivity index is 1.50. The van der Waals surface area contributed by atoms with E-state index in [9.17, 15) is 14.7 Å². The van der Waals surface area contributed by atoms with Crippen LogP contribution in [0, 0.1) is 0 Å². The van der Waals surface area contributed by atoms with Gasteiger partial charge < -0.3 is 25.2 Å². The fourth-order valence-corrected chi connectivity index (χ4v) is 4.82. The third-order valence-electron chi connectivity index (χ3n) is 6.92. The highest BCUT2D eigenvalue weighted by atomic mass is 16.6. The highest BCUT2D eigenvalue weighted by Gasteiger charge is 2.28. The summed E-state index contributed by atoms with van der Waals surface area (Å²) < 4.78 is 11.0. The van der Waals surface area contributed by atoms with Crippen LogP contribution in [-0.2, 0) is 28.9 Å². The van der Waals surface area contributed by atoms with Gasteiger partial charge in [0, 0.05) is 17.8 Å².